The lowest BCUT2D eigenvalue weighted by molar-refractivity contribution is 0.477. The molecule has 0 aliphatic carbocycles. The predicted molar refractivity (Wildman–Crippen MR) is 58.6 cm³/mol. The second kappa shape index (κ2) is 3.72. The molecule has 0 aliphatic heterocycles. The fraction of sp³-hybridized carbons (Fsp3) is 0. The number of hydrogen-bond donors (Lipinski definition) is 1. The molecule has 0 atom stereocenters. The summed E-state index contributed by atoms with van der Waals surface area (Å²) in [6, 6.07) is 14.7. The van der Waals surface area contributed by atoms with Gasteiger partial charge in [0, 0.05) is 10.6 Å². The summed E-state index contributed by atoms with van der Waals surface area (Å²) in [5, 5.41) is 10.3. The van der Waals surface area contributed by atoms with Crippen molar-refractivity contribution in [1.82, 2.24) is 0 Å². The molecule has 1 nitrogen and oxygen atoms in total. The Hall–Kier alpha value is -1.47. The predicted octanol–water partition coefficient (Wildman–Crippen LogP) is 3.71. The molecule has 0 saturated heterocycles. The monoisotopic (exact) mass is 204 g/mol. The van der Waals surface area contributed by atoms with E-state index in [1.54, 1.807) is 18.2 Å². The van der Waals surface area contributed by atoms with Crippen LogP contribution < -0.4 is 0 Å². The van der Waals surface area contributed by atoms with Gasteiger partial charge in [-0.15, -0.1) is 0 Å². The quantitative estimate of drug-likeness (QED) is 0.751. The fourth-order valence-corrected chi connectivity index (χ4v) is 1.53. The molecule has 0 heterocycles. The first-order valence-electron chi connectivity index (χ1n) is 4.31. The highest BCUT2D eigenvalue weighted by Crippen LogP contribution is 2.31. The van der Waals surface area contributed by atoms with Crippen LogP contribution in [0.4, 0.5) is 0 Å². The Kier molecular flexibility index (Phi) is 2.42. The smallest absolute Gasteiger partial charge is 0.123 e. The van der Waals surface area contributed by atoms with E-state index in [-0.39, 0.29) is 5.75 Å². The van der Waals surface area contributed by atoms with Gasteiger partial charge in [-0.3, -0.25) is 0 Å². The first-order valence-corrected chi connectivity index (χ1v) is 4.69. The lowest BCUT2D eigenvalue weighted by atomic mass is 10.1. The maximum absolute atomic E-state index is 9.63. The standard InChI is InChI=1S/C12H9ClO/c13-10-6-7-12(14)11(8-10)9-4-2-1-3-5-9/h1-8,14H. The van der Waals surface area contributed by atoms with Crippen LogP contribution in [-0.2, 0) is 0 Å². The minimum Gasteiger partial charge on any atom is -0.507 e. The van der Waals surface area contributed by atoms with Gasteiger partial charge in [0.2, 0.25) is 0 Å². The van der Waals surface area contributed by atoms with E-state index >= 15 is 0 Å². The third kappa shape index (κ3) is 1.73. The van der Waals surface area contributed by atoms with Gasteiger partial charge in [0.1, 0.15) is 5.75 Å². The largest absolute Gasteiger partial charge is 0.507 e. The Balaban J connectivity index is 2.57. The van der Waals surface area contributed by atoms with E-state index in [2.05, 4.69) is 0 Å². The Bertz CT molecular complexity index is 437. The van der Waals surface area contributed by atoms with Crippen molar-refractivity contribution in [3.63, 3.8) is 0 Å². The summed E-state index contributed by atoms with van der Waals surface area (Å²) in [6.07, 6.45) is 0. The molecule has 2 rings (SSSR count). The Morgan fingerprint density at radius 1 is 0.929 bits per heavy atom. The van der Waals surface area contributed by atoms with Crippen LogP contribution in [0.2, 0.25) is 5.02 Å². The van der Waals surface area contributed by atoms with E-state index < -0.39 is 0 Å². The Morgan fingerprint density at radius 3 is 2.36 bits per heavy atom. The SMILES string of the molecule is Oc1ccc(Cl)cc1-c1ccccc1. The number of benzene rings is 2. The van der Waals surface area contributed by atoms with Crippen molar-refractivity contribution in [2.75, 3.05) is 0 Å². The van der Waals surface area contributed by atoms with Crippen LogP contribution in [0.25, 0.3) is 11.1 Å². The van der Waals surface area contributed by atoms with Crippen LogP contribution in [-0.4, -0.2) is 5.11 Å². The van der Waals surface area contributed by atoms with Crippen LogP contribution in [0, 0.1) is 0 Å². The molecule has 0 amide bonds. The summed E-state index contributed by atoms with van der Waals surface area (Å²) >= 11 is 5.86. The highest BCUT2D eigenvalue weighted by atomic mass is 35.5. The molecule has 0 radical (unpaired) electrons. The van der Waals surface area contributed by atoms with Gasteiger partial charge in [-0.25, -0.2) is 0 Å². The fourth-order valence-electron chi connectivity index (χ4n) is 1.36. The van der Waals surface area contributed by atoms with Gasteiger partial charge in [-0.2, -0.15) is 0 Å². The maximum atomic E-state index is 9.63. The summed E-state index contributed by atoms with van der Waals surface area (Å²) in [7, 11) is 0. The highest BCUT2D eigenvalue weighted by molar-refractivity contribution is 6.30. The van der Waals surface area contributed by atoms with Gasteiger partial charge in [0.25, 0.3) is 0 Å². The molecular formula is C12H9ClO. The summed E-state index contributed by atoms with van der Waals surface area (Å²) < 4.78 is 0. The molecular weight excluding hydrogens is 196 g/mol. The average molecular weight is 205 g/mol. The van der Waals surface area contributed by atoms with Crippen LogP contribution in [0.5, 0.6) is 5.75 Å². The molecule has 0 unspecified atom stereocenters. The zero-order valence-electron chi connectivity index (χ0n) is 7.44. The van der Waals surface area contributed by atoms with Gasteiger partial charge in [-0.05, 0) is 23.8 Å². The van der Waals surface area contributed by atoms with Crippen molar-refractivity contribution in [3.05, 3.63) is 53.6 Å². The normalized spacial score (nSPS) is 10.1. The molecule has 0 bridgehead atoms. The molecule has 2 aromatic carbocycles. The number of rotatable bonds is 1. The Morgan fingerprint density at radius 2 is 1.64 bits per heavy atom. The van der Waals surface area contributed by atoms with Crippen molar-refractivity contribution in [2.24, 2.45) is 0 Å². The zero-order valence-corrected chi connectivity index (χ0v) is 8.20. The van der Waals surface area contributed by atoms with E-state index in [1.807, 2.05) is 30.3 Å². The number of phenols is 1. The molecule has 2 heteroatoms. The van der Waals surface area contributed by atoms with Crippen LogP contribution in [0.15, 0.2) is 48.5 Å². The van der Waals surface area contributed by atoms with E-state index in [4.69, 9.17) is 11.6 Å². The second-order valence-electron chi connectivity index (χ2n) is 3.03. The number of phenolic OH excluding ortho intramolecular Hbond substituents is 1. The summed E-state index contributed by atoms with van der Waals surface area (Å²) in [6.45, 7) is 0. The van der Waals surface area contributed by atoms with Gasteiger partial charge in [0.15, 0.2) is 0 Å². The lowest BCUT2D eigenvalue weighted by Gasteiger charge is -2.04. The van der Waals surface area contributed by atoms with E-state index in [0.29, 0.717) is 5.02 Å². The molecule has 70 valence electrons. The second-order valence-corrected chi connectivity index (χ2v) is 3.46. The molecule has 0 aromatic heterocycles. The average Bonchev–Trinajstić information content (AvgIpc) is 2.23. The molecule has 14 heavy (non-hydrogen) atoms. The van der Waals surface area contributed by atoms with Crippen LogP contribution in [0.1, 0.15) is 0 Å². The Labute approximate surface area is 87.6 Å². The van der Waals surface area contributed by atoms with Crippen molar-refractivity contribution >= 4 is 11.6 Å². The number of halogens is 1. The minimum absolute atomic E-state index is 0.251. The third-order valence-electron chi connectivity index (χ3n) is 2.04. The van der Waals surface area contributed by atoms with Crippen LogP contribution in [0.3, 0.4) is 0 Å². The zero-order chi connectivity index (χ0) is 9.97. The molecule has 0 aliphatic rings. The molecule has 2 aromatic rings. The topological polar surface area (TPSA) is 20.2 Å². The van der Waals surface area contributed by atoms with Gasteiger partial charge in [0.05, 0.1) is 0 Å². The summed E-state index contributed by atoms with van der Waals surface area (Å²) in [5.41, 5.74) is 1.73. The van der Waals surface area contributed by atoms with Crippen molar-refractivity contribution in [2.45, 2.75) is 0 Å². The van der Waals surface area contributed by atoms with Crippen molar-refractivity contribution < 1.29 is 5.11 Å². The van der Waals surface area contributed by atoms with Crippen molar-refractivity contribution in [3.8, 4) is 16.9 Å². The van der Waals surface area contributed by atoms with Crippen LogP contribution >= 0.6 is 11.6 Å². The lowest BCUT2D eigenvalue weighted by Crippen LogP contribution is -1.78. The first-order chi connectivity index (χ1) is 6.77. The van der Waals surface area contributed by atoms with Crippen molar-refractivity contribution in [1.29, 1.82) is 0 Å². The molecule has 0 spiro atoms. The minimum atomic E-state index is 0.251. The van der Waals surface area contributed by atoms with Gasteiger partial charge >= 0.3 is 0 Å². The first kappa shape index (κ1) is 9.10. The van der Waals surface area contributed by atoms with Gasteiger partial charge < -0.3 is 5.11 Å². The summed E-state index contributed by atoms with van der Waals surface area (Å²) in [4.78, 5) is 0. The number of aromatic hydroxyl groups is 1. The molecule has 0 saturated carbocycles. The highest BCUT2D eigenvalue weighted by Gasteiger charge is 2.03. The maximum Gasteiger partial charge on any atom is 0.123 e. The molecule has 0 fully saturated rings. The van der Waals surface area contributed by atoms with E-state index in [9.17, 15) is 5.11 Å². The number of hydrogen-bond acceptors (Lipinski definition) is 1. The van der Waals surface area contributed by atoms with E-state index in [1.165, 1.54) is 0 Å². The van der Waals surface area contributed by atoms with Gasteiger partial charge in [-0.1, -0.05) is 41.9 Å². The third-order valence-corrected chi connectivity index (χ3v) is 2.28. The molecule has 1 N–H and O–H groups in total. The van der Waals surface area contributed by atoms with E-state index in [0.717, 1.165) is 11.1 Å². The summed E-state index contributed by atoms with van der Waals surface area (Å²) in [5.74, 6) is 0.251.